The van der Waals surface area contributed by atoms with E-state index in [2.05, 4.69) is 28.9 Å². The Labute approximate surface area is 111 Å². The number of halogens is 1. The van der Waals surface area contributed by atoms with Crippen LogP contribution in [-0.2, 0) is 11.2 Å². The van der Waals surface area contributed by atoms with E-state index in [4.69, 9.17) is 0 Å². The number of carbonyl (C=O) groups excluding carboxylic acids is 1. The summed E-state index contributed by atoms with van der Waals surface area (Å²) in [4.78, 5) is 12.1. The van der Waals surface area contributed by atoms with Crippen molar-refractivity contribution >= 4 is 21.7 Å². The molecule has 90 valence electrons. The molecule has 2 heteroatoms. The lowest BCUT2D eigenvalue weighted by Gasteiger charge is -2.17. The monoisotopic (exact) mass is 292 g/mol. The van der Waals surface area contributed by atoms with Gasteiger partial charge in [0.05, 0.1) is 0 Å². The van der Waals surface area contributed by atoms with Gasteiger partial charge in [0.25, 0.3) is 0 Å². The van der Waals surface area contributed by atoms with E-state index in [9.17, 15) is 4.79 Å². The van der Waals surface area contributed by atoms with E-state index in [1.54, 1.807) is 0 Å². The minimum atomic E-state index is 0.281. The number of rotatable bonds is 3. The van der Waals surface area contributed by atoms with Gasteiger partial charge >= 0.3 is 0 Å². The third kappa shape index (κ3) is 3.29. The maximum atomic E-state index is 12.1. The SMILES string of the molecule is CC1CC=C(C(=O)Cc2ccccc2Br)CC1. The fourth-order valence-electron chi connectivity index (χ4n) is 2.15. The van der Waals surface area contributed by atoms with Crippen LogP contribution in [0.1, 0.15) is 31.7 Å². The summed E-state index contributed by atoms with van der Waals surface area (Å²) in [6.45, 7) is 2.24. The van der Waals surface area contributed by atoms with Crippen molar-refractivity contribution < 1.29 is 4.79 Å². The molecule has 1 aliphatic rings. The lowest BCUT2D eigenvalue weighted by Crippen LogP contribution is -2.12. The van der Waals surface area contributed by atoms with Gasteiger partial charge in [0.15, 0.2) is 5.78 Å². The Morgan fingerprint density at radius 2 is 2.18 bits per heavy atom. The molecule has 0 N–H and O–H groups in total. The number of hydrogen-bond acceptors (Lipinski definition) is 1. The molecule has 0 aliphatic heterocycles. The summed E-state index contributed by atoms with van der Waals surface area (Å²) in [7, 11) is 0. The maximum absolute atomic E-state index is 12.1. The van der Waals surface area contributed by atoms with Crippen LogP contribution in [0.4, 0.5) is 0 Å². The van der Waals surface area contributed by atoms with Crippen LogP contribution < -0.4 is 0 Å². The van der Waals surface area contributed by atoms with Crippen LogP contribution in [-0.4, -0.2) is 5.78 Å². The summed E-state index contributed by atoms with van der Waals surface area (Å²) in [5, 5.41) is 0. The summed E-state index contributed by atoms with van der Waals surface area (Å²) in [5.74, 6) is 1.01. The first kappa shape index (κ1) is 12.6. The average Bonchev–Trinajstić information content (AvgIpc) is 2.33. The number of ketones is 1. The summed E-state index contributed by atoms with van der Waals surface area (Å²) in [6, 6.07) is 7.94. The molecule has 0 saturated heterocycles. The second-order valence-electron chi connectivity index (χ2n) is 4.80. The summed E-state index contributed by atoms with van der Waals surface area (Å²) < 4.78 is 1.03. The van der Waals surface area contributed by atoms with Crippen LogP contribution in [0.2, 0.25) is 0 Å². The van der Waals surface area contributed by atoms with Crippen molar-refractivity contribution in [2.75, 3.05) is 0 Å². The van der Waals surface area contributed by atoms with Crippen molar-refractivity contribution in [3.63, 3.8) is 0 Å². The van der Waals surface area contributed by atoms with Gasteiger partial charge < -0.3 is 0 Å². The summed E-state index contributed by atoms with van der Waals surface area (Å²) in [5.41, 5.74) is 2.11. The third-order valence-corrected chi connectivity index (χ3v) is 4.11. The molecule has 0 heterocycles. The van der Waals surface area contributed by atoms with E-state index < -0.39 is 0 Å². The smallest absolute Gasteiger partial charge is 0.162 e. The maximum Gasteiger partial charge on any atom is 0.162 e. The van der Waals surface area contributed by atoms with Gasteiger partial charge in [0, 0.05) is 10.9 Å². The lowest BCUT2D eigenvalue weighted by molar-refractivity contribution is -0.115. The van der Waals surface area contributed by atoms with Gasteiger partial charge in [-0.15, -0.1) is 0 Å². The molecule has 0 spiro atoms. The Kier molecular flexibility index (Phi) is 4.16. The van der Waals surface area contributed by atoms with Gasteiger partial charge in [0.1, 0.15) is 0 Å². The molecule has 1 aromatic carbocycles. The van der Waals surface area contributed by atoms with Crippen LogP contribution in [0.5, 0.6) is 0 Å². The number of Topliss-reactive ketones (excluding diaryl/α,β-unsaturated/α-hetero) is 1. The van der Waals surface area contributed by atoms with E-state index in [0.29, 0.717) is 6.42 Å². The lowest BCUT2D eigenvalue weighted by atomic mass is 9.88. The Morgan fingerprint density at radius 1 is 1.41 bits per heavy atom. The standard InChI is InChI=1S/C15H17BrO/c1-11-6-8-12(9-7-11)15(17)10-13-4-2-3-5-14(13)16/h2-5,8,11H,6-7,9-10H2,1H3. The van der Waals surface area contributed by atoms with E-state index in [-0.39, 0.29) is 5.78 Å². The second kappa shape index (κ2) is 5.63. The minimum Gasteiger partial charge on any atom is -0.294 e. The molecule has 0 amide bonds. The third-order valence-electron chi connectivity index (χ3n) is 3.34. The quantitative estimate of drug-likeness (QED) is 0.811. The molecule has 1 atom stereocenters. The predicted molar refractivity (Wildman–Crippen MR) is 74.0 cm³/mol. The largest absolute Gasteiger partial charge is 0.294 e. The topological polar surface area (TPSA) is 17.1 Å². The Hall–Kier alpha value is -0.890. The molecule has 1 unspecified atom stereocenters. The molecule has 0 aromatic heterocycles. The molecule has 1 aromatic rings. The molecule has 0 saturated carbocycles. The highest BCUT2D eigenvalue weighted by molar-refractivity contribution is 9.10. The normalized spacial score (nSPS) is 19.9. The molecule has 0 fully saturated rings. The van der Waals surface area contributed by atoms with Crippen molar-refractivity contribution in [1.29, 1.82) is 0 Å². The molecule has 0 bridgehead atoms. The summed E-state index contributed by atoms with van der Waals surface area (Å²) >= 11 is 3.49. The zero-order chi connectivity index (χ0) is 12.3. The molecule has 2 rings (SSSR count). The van der Waals surface area contributed by atoms with Crippen LogP contribution >= 0.6 is 15.9 Å². The molecular formula is C15H17BrO. The fourth-order valence-corrected chi connectivity index (χ4v) is 2.57. The second-order valence-corrected chi connectivity index (χ2v) is 5.65. The molecular weight excluding hydrogens is 276 g/mol. The Balaban J connectivity index is 2.05. The van der Waals surface area contributed by atoms with Gasteiger partial charge in [0.2, 0.25) is 0 Å². The zero-order valence-electron chi connectivity index (χ0n) is 10.1. The summed E-state index contributed by atoms with van der Waals surface area (Å²) in [6.07, 6.45) is 5.80. The van der Waals surface area contributed by atoms with Crippen molar-refractivity contribution in [2.24, 2.45) is 5.92 Å². The van der Waals surface area contributed by atoms with E-state index in [0.717, 1.165) is 40.8 Å². The Bertz CT molecular complexity index is 448. The minimum absolute atomic E-state index is 0.281. The van der Waals surface area contributed by atoms with Crippen LogP contribution in [0.15, 0.2) is 40.4 Å². The predicted octanol–water partition coefficient (Wildman–Crippen LogP) is 4.31. The zero-order valence-corrected chi connectivity index (χ0v) is 11.7. The van der Waals surface area contributed by atoms with Gasteiger partial charge in [-0.2, -0.15) is 0 Å². The highest BCUT2D eigenvalue weighted by Gasteiger charge is 2.16. The highest BCUT2D eigenvalue weighted by atomic mass is 79.9. The van der Waals surface area contributed by atoms with E-state index in [1.165, 1.54) is 0 Å². The molecule has 0 radical (unpaired) electrons. The number of hydrogen-bond donors (Lipinski definition) is 0. The van der Waals surface area contributed by atoms with Crippen LogP contribution in [0, 0.1) is 5.92 Å². The van der Waals surface area contributed by atoms with Crippen LogP contribution in [0.3, 0.4) is 0 Å². The van der Waals surface area contributed by atoms with Gasteiger partial charge in [-0.05, 0) is 42.4 Å². The molecule has 1 nitrogen and oxygen atoms in total. The first-order valence-corrected chi connectivity index (χ1v) is 6.91. The van der Waals surface area contributed by atoms with Crippen LogP contribution in [0.25, 0.3) is 0 Å². The fraction of sp³-hybridized carbons (Fsp3) is 0.400. The van der Waals surface area contributed by atoms with Crippen molar-refractivity contribution in [3.05, 3.63) is 46.0 Å². The molecule has 17 heavy (non-hydrogen) atoms. The van der Waals surface area contributed by atoms with Crippen molar-refractivity contribution in [1.82, 2.24) is 0 Å². The number of benzene rings is 1. The Morgan fingerprint density at radius 3 is 2.82 bits per heavy atom. The van der Waals surface area contributed by atoms with Gasteiger partial charge in [-0.1, -0.05) is 47.1 Å². The first-order valence-electron chi connectivity index (χ1n) is 6.12. The van der Waals surface area contributed by atoms with E-state index in [1.807, 2.05) is 24.3 Å². The van der Waals surface area contributed by atoms with Crippen molar-refractivity contribution in [3.8, 4) is 0 Å². The molecule has 1 aliphatic carbocycles. The van der Waals surface area contributed by atoms with Crippen molar-refractivity contribution in [2.45, 2.75) is 32.6 Å². The van der Waals surface area contributed by atoms with E-state index >= 15 is 0 Å². The average molecular weight is 293 g/mol. The number of carbonyl (C=O) groups is 1. The highest BCUT2D eigenvalue weighted by Crippen LogP contribution is 2.25. The first-order chi connectivity index (χ1) is 8.16. The number of allylic oxidation sites excluding steroid dienone is 2. The van der Waals surface area contributed by atoms with Gasteiger partial charge in [-0.25, -0.2) is 0 Å². The van der Waals surface area contributed by atoms with Gasteiger partial charge in [-0.3, -0.25) is 4.79 Å².